The molecule has 2 aromatic rings. The van der Waals surface area contributed by atoms with Gasteiger partial charge in [-0.05, 0) is 25.1 Å². The molecule has 1 aromatic carbocycles. The monoisotopic (exact) mass is 320 g/mol. The summed E-state index contributed by atoms with van der Waals surface area (Å²) in [5.74, 6) is -0.716. The highest BCUT2D eigenvalue weighted by Crippen LogP contribution is 2.21. The smallest absolute Gasteiger partial charge is 0.337 e. The van der Waals surface area contributed by atoms with E-state index in [2.05, 4.69) is 15.0 Å². The summed E-state index contributed by atoms with van der Waals surface area (Å²) >= 11 is 1.29. The Kier molecular flexibility index (Phi) is 5.24. The third-order valence-corrected chi connectivity index (χ3v) is 3.99. The van der Waals surface area contributed by atoms with E-state index in [1.54, 1.807) is 38.3 Å². The second-order valence-corrected chi connectivity index (χ2v) is 5.57. The van der Waals surface area contributed by atoms with Gasteiger partial charge in [0.05, 0.1) is 25.0 Å². The molecule has 0 aliphatic carbocycles. The molecule has 1 amide bonds. The Labute approximate surface area is 132 Å². The minimum absolute atomic E-state index is 0.264. The molecule has 6 nitrogen and oxygen atoms in total. The van der Waals surface area contributed by atoms with Crippen LogP contribution in [0, 0.1) is 6.92 Å². The summed E-state index contributed by atoms with van der Waals surface area (Å²) in [6.07, 6.45) is 0. The van der Waals surface area contributed by atoms with Crippen molar-refractivity contribution >= 4 is 28.9 Å². The van der Waals surface area contributed by atoms with E-state index in [-0.39, 0.29) is 5.91 Å². The molecule has 0 radical (unpaired) electrons. The highest BCUT2D eigenvalue weighted by atomic mass is 32.1. The van der Waals surface area contributed by atoms with E-state index in [0.717, 1.165) is 5.01 Å². The Balaban J connectivity index is 2.16. The Morgan fingerprint density at radius 3 is 2.77 bits per heavy atom. The molecule has 0 aliphatic rings. The van der Waals surface area contributed by atoms with E-state index in [9.17, 15) is 9.59 Å². The van der Waals surface area contributed by atoms with Gasteiger partial charge < -0.3 is 14.8 Å². The number of hydrogen-bond acceptors (Lipinski definition) is 6. The average Bonchev–Trinajstić information content (AvgIpc) is 2.88. The van der Waals surface area contributed by atoms with Gasteiger partial charge in [-0.3, -0.25) is 4.79 Å². The first kappa shape index (κ1) is 16.1. The lowest BCUT2D eigenvalue weighted by Gasteiger charge is -2.06. The number of anilines is 1. The van der Waals surface area contributed by atoms with Crippen molar-refractivity contribution in [2.45, 2.75) is 13.5 Å². The number of hydrogen-bond donors (Lipinski definition) is 1. The van der Waals surface area contributed by atoms with E-state index in [1.807, 2.05) is 0 Å². The van der Waals surface area contributed by atoms with E-state index in [4.69, 9.17) is 4.74 Å². The first-order valence-corrected chi connectivity index (χ1v) is 7.31. The van der Waals surface area contributed by atoms with Crippen LogP contribution in [0.15, 0.2) is 24.3 Å². The minimum Gasteiger partial charge on any atom is -0.465 e. The summed E-state index contributed by atoms with van der Waals surface area (Å²) in [4.78, 5) is 28.6. The minimum atomic E-state index is -0.451. The maximum atomic E-state index is 12.3. The number of methoxy groups -OCH3 is 2. The predicted molar refractivity (Wildman–Crippen MR) is 83.3 cm³/mol. The van der Waals surface area contributed by atoms with Crippen molar-refractivity contribution in [2.75, 3.05) is 19.5 Å². The van der Waals surface area contributed by atoms with Crippen LogP contribution in [0.25, 0.3) is 0 Å². The number of thiazole rings is 1. The molecule has 1 aromatic heterocycles. The lowest BCUT2D eigenvalue weighted by atomic mass is 10.2. The highest BCUT2D eigenvalue weighted by molar-refractivity contribution is 7.13. The number of nitrogens with zero attached hydrogens (tertiary/aromatic N) is 1. The maximum absolute atomic E-state index is 12.3. The van der Waals surface area contributed by atoms with Gasteiger partial charge in [-0.25, -0.2) is 9.78 Å². The first-order chi connectivity index (χ1) is 10.5. The van der Waals surface area contributed by atoms with Gasteiger partial charge in [0.1, 0.15) is 9.88 Å². The molecular formula is C15H16N2O4S. The van der Waals surface area contributed by atoms with Gasteiger partial charge in [0.2, 0.25) is 0 Å². The summed E-state index contributed by atoms with van der Waals surface area (Å²) in [6.45, 7) is 2.14. The maximum Gasteiger partial charge on any atom is 0.337 e. The van der Waals surface area contributed by atoms with Crippen molar-refractivity contribution in [1.29, 1.82) is 0 Å². The van der Waals surface area contributed by atoms with Crippen LogP contribution in [-0.2, 0) is 16.1 Å². The van der Waals surface area contributed by atoms with Crippen LogP contribution in [0.4, 0.5) is 5.69 Å². The van der Waals surface area contributed by atoms with Crippen LogP contribution >= 0.6 is 11.3 Å². The van der Waals surface area contributed by atoms with Crippen LogP contribution in [0.1, 0.15) is 30.7 Å². The summed E-state index contributed by atoms with van der Waals surface area (Å²) in [6, 6.07) is 6.57. The Morgan fingerprint density at radius 1 is 1.32 bits per heavy atom. The molecule has 22 heavy (non-hydrogen) atoms. The van der Waals surface area contributed by atoms with E-state index in [1.165, 1.54) is 18.4 Å². The van der Waals surface area contributed by atoms with Gasteiger partial charge in [-0.2, -0.15) is 0 Å². The van der Waals surface area contributed by atoms with Gasteiger partial charge >= 0.3 is 5.97 Å². The number of benzene rings is 1. The average molecular weight is 320 g/mol. The van der Waals surface area contributed by atoms with Gasteiger partial charge in [0, 0.05) is 12.8 Å². The molecule has 0 atom stereocenters. The number of aromatic nitrogens is 1. The van der Waals surface area contributed by atoms with Crippen molar-refractivity contribution in [3.63, 3.8) is 0 Å². The van der Waals surface area contributed by atoms with Crippen LogP contribution in [0.3, 0.4) is 0 Å². The number of rotatable bonds is 5. The van der Waals surface area contributed by atoms with Gasteiger partial charge in [-0.1, -0.05) is 6.07 Å². The van der Waals surface area contributed by atoms with Crippen molar-refractivity contribution in [1.82, 2.24) is 4.98 Å². The molecule has 116 valence electrons. The van der Waals surface area contributed by atoms with Crippen molar-refractivity contribution in [3.8, 4) is 0 Å². The van der Waals surface area contributed by atoms with Crippen LogP contribution in [0.5, 0.6) is 0 Å². The second kappa shape index (κ2) is 7.15. The fourth-order valence-corrected chi connectivity index (χ4v) is 2.81. The van der Waals surface area contributed by atoms with E-state index >= 15 is 0 Å². The number of aryl methyl sites for hydroxylation is 1. The quantitative estimate of drug-likeness (QED) is 0.857. The third kappa shape index (κ3) is 3.69. The molecular weight excluding hydrogens is 304 g/mol. The highest BCUT2D eigenvalue weighted by Gasteiger charge is 2.16. The van der Waals surface area contributed by atoms with Crippen LogP contribution in [-0.4, -0.2) is 31.1 Å². The van der Waals surface area contributed by atoms with E-state index in [0.29, 0.717) is 28.4 Å². The van der Waals surface area contributed by atoms with E-state index < -0.39 is 5.97 Å². The zero-order valence-electron chi connectivity index (χ0n) is 12.5. The number of esters is 1. The molecule has 0 aliphatic heterocycles. The molecule has 0 saturated heterocycles. The molecule has 0 saturated carbocycles. The second-order valence-electron chi connectivity index (χ2n) is 4.48. The fourth-order valence-electron chi connectivity index (χ4n) is 1.88. The molecule has 2 rings (SSSR count). The summed E-state index contributed by atoms with van der Waals surface area (Å²) < 4.78 is 9.67. The summed E-state index contributed by atoms with van der Waals surface area (Å²) in [7, 11) is 2.89. The standard InChI is InChI=1S/C15H16N2O4S/c1-9-13(22-12(16-9)8-20-2)14(18)17-11-6-4-5-10(7-11)15(19)21-3/h4-7H,8H2,1-3H3,(H,17,18). The number of amides is 1. The zero-order chi connectivity index (χ0) is 16.1. The number of carbonyl (C=O) groups is 2. The molecule has 1 heterocycles. The van der Waals surface area contributed by atoms with Crippen molar-refractivity contribution in [3.05, 3.63) is 45.4 Å². The van der Waals surface area contributed by atoms with Crippen molar-refractivity contribution < 1.29 is 19.1 Å². The molecule has 0 fully saturated rings. The molecule has 0 unspecified atom stereocenters. The number of ether oxygens (including phenoxy) is 2. The lowest BCUT2D eigenvalue weighted by Crippen LogP contribution is -2.12. The fraction of sp³-hybridized carbons (Fsp3) is 0.267. The number of carbonyl (C=O) groups excluding carboxylic acids is 2. The topological polar surface area (TPSA) is 77.5 Å². The normalized spacial score (nSPS) is 10.3. The van der Waals surface area contributed by atoms with Gasteiger partial charge in [0.15, 0.2) is 0 Å². The first-order valence-electron chi connectivity index (χ1n) is 6.50. The van der Waals surface area contributed by atoms with Crippen LogP contribution in [0.2, 0.25) is 0 Å². The Bertz CT molecular complexity index is 697. The molecule has 7 heteroatoms. The molecule has 0 spiro atoms. The third-order valence-electron chi connectivity index (χ3n) is 2.86. The van der Waals surface area contributed by atoms with Crippen LogP contribution < -0.4 is 5.32 Å². The SMILES string of the molecule is COCc1nc(C)c(C(=O)Nc2cccc(C(=O)OC)c2)s1. The Hall–Kier alpha value is -2.25. The van der Waals surface area contributed by atoms with Gasteiger partial charge in [-0.15, -0.1) is 11.3 Å². The number of nitrogens with one attached hydrogen (secondary N) is 1. The molecule has 0 bridgehead atoms. The predicted octanol–water partition coefficient (Wildman–Crippen LogP) is 2.64. The summed E-state index contributed by atoms with van der Waals surface area (Å²) in [5, 5.41) is 3.50. The van der Waals surface area contributed by atoms with Gasteiger partial charge in [0.25, 0.3) is 5.91 Å². The largest absolute Gasteiger partial charge is 0.465 e. The van der Waals surface area contributed by atoms with Crippen molar-refractivity contribution in [2.24, 2.45) is 0 Å². The molecule has 1 N–H and O–H groups in total. The Morgan fingerprint density at radius 2 is 2.09 bits per heavy atom. The summed E-state index contributed by atoms with van der Waals surface area (Å²) in [5.41, 5.74) is 1.55. The lowest BCUT2D eigenvalue weighted by molar-refractivity contribution is 0.0600. The zero-order valence-corrected chi connectivity index (χ0v) is 13.3.